The minimum Gasteiger partial charge on any atom is -0.473 e. The Morgan fingerprint density at radius 2 is 2.20 bits per heavy atom. The van der Waals surface area contributed by atoms with Crippen LogP contribution in [0.2, 0.25) is 5.02 Å². The Hall–Kier alpha value is -1.27. The molecule has 1 fully saturated rings. The SMILES string of the molecule is CC1CCC(C(C)C)C(Oc2nccc(C#N)c2Cl)C1. The van der Waals surface area contributed by atoms with Crippen molar-refractivity contribution in [3.8, 4) is 11.9 Å². The molecular formula is C16H21ClN2O. The Balaban J connectivity index is 2.20. The highest BCUT2D eigenvalue weighted by Crippen LogP contribution is 2.37. The summed E-state index contributed by atoms with van der Waals surface area (Å²) >= 11 is 6.18. The van der Waals surface area contributed by atoms with Crippen LogP contribution in [0, 0.1) is 29.1 Å². The van der Waals surface area contributed by atoms with E-state index in [4.69, 9.17) is 21.6 Å². The molecule has 0 aromatic carbocycles. The highest BCUT2D eigenvalue weighted by atomic mass is 35.5. The lowest BCUT2D eigenvalue weighted by Crippen LogP contribution is -2.36. The van der Waals surface area contributed by atoms with Crippen molar-refractivity contribution in [1.82, 2.24) is 4.98 Å². The molecule has 2 rings (SSSR count). The molecule has 4 heteroatoms. The third-order valence-electron chi connectivity index (χ3n) is 4.20. The molecule has 1 heterocycles. The Morgan fingerprint density at radius 1 is 1.45 bits per heavy atom. The summed E-state index contributed by atoms with van der Waals surface area (Å²) in [5.74, 6) is 2.16. The number of ether oxygens (including phenoxy) is 1. The van der Waals surface area contributed by atoms with Gasteiger partial charge in [0.1, 0.15) is 17.2 Å². The standard InChI is InChI=1S/C16H21ClN2O/c1-10(2)13-5-4-11(3)8-14(13)20-16-15(17)12(9-18)6-7-19-16/h6-7,10-11,13-14H,4-5,8H2,1-3H3. The fraction of sp³-hybridized carbons (Fsp3) is 0.625. The molecule has 0 amide bonds. The van der Waals surface area contributed by atoms with Gasteiger partial charge in [-0.25, -0.2) is 4.98 Å². The predicted molar refractivity (Wildman–Crippen MR) is 79.7 cm³/mol. The number of hydrogen-bond acceptors (Lipinski definition) is 3. The van der Waals surface area contributed by atoms with Crippen molar-refractivity contribution in [2.45, 2.75) is 46.1 Å². The van der Waals surface area contributed by atoms with Crippen LogP contribution in [-0.2, 0) is 0 Å². The van der Waals surface area contributed by atoms with E-state index in [0.29, 0.717) is 34.2 Å². The largest absolute Gasteiger partial charge is 0.473 e. The Bertz CT molecular complexity index is 510. The lowest BCUT2D eigenvalue weighted by molar-refractivity contribution is 0.0427. The second-order valence-corrected chi connectivity index (χ2v) is 6.45. The van der Waals surface area contributed by atoms with Gasteiger partial charge >= 0.3 is 0 Å². The van der Waals surface area contributed by atoms with Crippen LogP contribution in [0.3, 0.4) is 0 Å². The molecule has 1 aliphatic carbocycles. The highest BCUT2D eigenvalue weighted by molar-refractivity contribution is 6.32. The quantitative estimate of drug-likeness (QED) is 0.827. The molecule has 0 bridgehead atoms. The van der Waals surface area contributed by atoms with Gasteiger partial charge in [0.15, 0.2) is 0 Å². The summed E-state index contributed by atoms with van der Waals surface area (Å²) < 4.78 is 6.08. The summed E-state index contributed by atoms with van der Waals surface area (Å²) in [6.45, 7) is 6.73. The van der Waals surface area contributed by atoms with Gasteiger partial charge in [0, 0.05) is 6.20 Å². The Labute approximate surface area is 125 Å². The number of rotatable bonds is 3. The van der Waals surface area contributed by atoms with Crippen LogP contribution in [0.5, 0.6) is 5.88 Å². The lowest BCUT2D eigenvalue weighted by Gasteiger charge is -2.37. The third kappa shape index (κ3) is 3.24. The maximum Gasteiger partial charge on any atom is 0.234 e. The Kier molecular flexibility index (Phi) is 4.88. The first-order valence-electron chi connectivity index (χ1n) is 7.24. The van der Waals surface area contributed by atoms with Crippen molar-refractivity contribution >= 4 is 11.6 Å². The summed E-state index contributed by atoms with van der Waals surface area (Å²) in [4.78, 5) is 4.19. The molecule has 1 aromatic heterocycles. The molecule has 1 saturated carbocycles. The van der Waals surface area contributed by atoms with E-state index in [2.05, 4.69) is 31.8 Å². The second kappa shape index (κ2) is 6.45. The zero-order valence-electron chi connectivity index (χ0n) is 12.3. The molecule has 3 nitrogen and oxygen atoms in total. The molecule has 0 radical (unpaired) electrons. The normalized spacial score (nSPS) is 26.3. The van der Waals surface area contributed by atoms with Crippen LogP contribution < -0.4 is 4.74 Å². The highest BCUT2D eigenvalue weighted by Gasteiger charge is 2.33. The van der Waals surface area contributed by atoms with Crippen molar-refractivity contribution in [2.24, 2.45) is 17.8 Å². The number of halogens is 1. The summed E-state index contributed by atoms with van der Waals surface area (Å²) in [5.41, 5.74) is 0.418. The van der Waals surface area contributed by atoms with E-state index in [1.165, 1.54) is 12.8 Å². The zero-order chi connectivity index (χ0) is 14.7. The van der Waals surface area contributed by atoms with Gasteiger partial charge in [-0.1, -0.05) is 38.8 Å². The first-order valence-corrected chi connectivity index (χ1v) is 7.62. The van der Waals surface area contributed by atoms with Crippen molar-refractivity contribution < 1.29 is 4.74 Å². The average Bonchev–Trinajstić information content (AvgIpc) is 2.41. The second-order valence-electron chi connectivity index (χ2n) is 6.07. The molecule has 0 N–H and O–H groups in total. The monoisotopic (exact) mass is 292 g/mol. The first kappa shape index (κ1) is 15.1. The van der Waals surface area contributed by atoms with Crippen LogP contribution in [0.1, 0.15) is 45.6 Å². The molecule has 1 aliphatic rings. The molecule has 20 heavy (non-hydrogen) atoms. The van der Waals surface area contributed by atoms with Gasteiger partial charge in [-0.3, -0.25) is 0 Å². The third-order valence-corrected chi connectivity index (χ3v) is 4.57. The number of nitriles is 1. The van der Waals surface area contributed by atoms with Gasteiger partial charge in [-0.05, 0) is 36.7 Å². The maximum absolute atomic E-state index is 9.01. The van der Waals surface area contributed by atoms with Crippen LogP contribution in [-0.4, -0.2) is 11.1 Å². The molecule has 0 aliphatic heterocycles. The molecule has 1 aromatic rings. The number of hydrogen-bond donors (Lipinski definition) is 0. The van der Waals surface area contributed by atoms with Gasteiger partial charge in [0.25, 0.3) is 0 Å². The molecule has 3 unspecified atom stereocenters. The zero-order valence-corrected chi connectivity index (χ0v) is 13.0. The summed E-state index contributed by atoms with van der Waals surface area (Å²) in [7, 11) is 0. The lowest BCUT2D eigenvalue weighted by atomic mass is 9.75. The smallest absolute Gasteiger partial charge is 0.234 e. The van der Waals surface area contributed by atoms with Crippen molar-refractivity contribution in [2.75, 3.05) is 0 Å². The van der Waals surface area contributed by atoms with E-state index in [9.17, 15) is 0 Å². The fourth-order valence-corrected chi connectivity index (χ4v) is 3.19. The Morgan fingerprint density at radius 3 is 2.85 bits per heavy atom. The summed E-state index contributed by atoms with van der Waals surface area (Å²) in [5, 5.41) is 9.34. The maximum atomic E-state index is 9.01. The molecule has 3 atom stereocenters. The van der Waals surface area contributed by atoms with Gasteiger partial charge in [-0.2, -0.15) is 5.26 Å². The van der Waals surface area contributed by atoms with Gasteiger partial charge in [0.05, 0.1) is 5.56 Å². The topological polar surface area (TPSA) is 45.9 Å². The van der Waals surface area contributed by atoms with Crippen LogP contribution in [0.25, 0.3) is 0 Å². The van der Waals surface area contributed by atoms with Crippen molar-refractivity contribution in [1.29, 1.82) is 5.26 Å². The van der Waals surface area contributed by atoms with E-state index in [1.54, 1.807) is 12.3 Å². The number of pyridine rings is 1. The molecule has 0 saturated heterocycles. The van der Waals surface area contributed by atoms with Crippen molar-refractivity contribution in [3.05, 3.63) is 22.8 Å². The summed E-state index contributed by atoms with van der Waals surface area (Å²) in [6.07, 6.45) is 5.17. The van der Waals surface area contributed by atoms with Crippen LogP contribution in [0.4, 0.5) is 0 Å². The van der Waals surface area contributed by atoms with E-state index < -0.39 is 0 Å². The molecule has 108 valence electrons. The van der Waals surface area contributed by atoms with E-state index in [1.807, 2.05) is 0 Å². The van der Waals surface area contributed by atoms with Crippen LogP contribution in [0.15, 0.2) is 12.3 Å². The van der Waals surface area contributed by atoms with E-state index in [0.717, 1.165) is 6.42 Å². The number of aromatic nitrogens is 1. The van der Waals surface area contributed by atoms with E-state index >= 15 is 0 Å². The van der Waals surface area contributed by atoms with Gasteiger partial charge < -0.3 is 4.74 Å². The minimum absolute atomic E-state index is 0.137. The molecule has 0 spiro atoms. The molecular weight excluding hydrogens is 272 g/mol. The minimum atomic E-state index is 0.137. The average molecular weight is 293 g/mol. The van der Waals surface area contributed by atoms with Gasteiger partial charge in [-0.15, -0.1) is 0 Å². The van der Waals surface area contributed by atoms with E-state index in [-0.39, 0.29) is 6.10 Å². The predicted octanol–water partition coefficient (Wildman–Crippen LogP) is 4.45. The van der Waals surface area contributed by atoms with Gasteiger partial charge in [0.2, 0.25) is 5.88 Å². The number of nitrogens with zero attached hydrogens (tertiary/aromatic N) is 2. The van der Waals surface area contributed by atoms with Crippen molar-refractivity contribution in [3.63, 3.8) is 0 Å². The first-order chi connectivity index (χ1) is 9.52. The van der Waals surface area contributed by atoms with Crippen LogP contribution >= 0.6 is 11.6 Å². The summed E-state index contributed by atoms with van der Waals surface area (Å²) in [6, 6.07) is 3.67. The fourth-order valence-electron chi connectivity index (χ4n) is 2.99.